The van der Waals surface area contributed by atoms with Gasteiger partial charge in [-0.3, -0.25) is 4.79 Å². The van der Waals surface area contributed by atoms with Crippen LogP contribution >= 0.6 is 11.6 Å². The van der Waals surface area contributed by atoms with Crippen LogP contribution in [-0.2, 0) is 4.79 Å². The maximum absolute atomic E-state index is 12.1. The molecule has 0 aliphatic heterocycles. The normalized spacial score (nSPS) is 11.9. The van der Waals surface area contributed by atoms with Gasteiger partial charge in [0.25, 0.3) is 0 Å². The predicted molar refractivity (Wildman–Crippen MR) is 113 cm³/mol. The highest BCUT2D eigenvalue weighted by atomic mass is 35.5. The molecule has 6 heteroatoms. The third-order valence-corrected chi connectivity index (χ3v) is 4.46. The summed E-state index contributed by atoms with van der Waals surface area (Å²) in [6.45, 7) is 7.92. The lowest BCUT2D eigenvalue weighted by molar-refractivity contribution is -0.120. The van der Waals surface area contributed by atoms with Crippen molar-refractivity contribution in [3.8, 4) is 11.5 Å². The average Bonchev–Trinajstić information content (AvgIpc) is 2.68. The van der Waals surface area contributed by atoms with Crippen LogP contribution in [-0.4, -0.2) is 32.2 Å². The molecular formula is C22H29ClN2O3. The Morgan fingerprint density at radius 2 is 1.61 bits per heavy atom. The van der Waals surface area contributed by atoms with E-state index < -0.39 is 0 Å². The Hall–Kier alpha value is -2.24. The van der Waals surface area contributed by atoms with Gasteiger partial charge in [-0.05, 0) is 54.8 Å². The average molecular weight is 405 g/mol. The monoisotopic (exact) mass is 404 g/mol. The van der Waals surface area contributed by atoms with E-state index in [0.29, 0.717) is 30.7 Å². The minimum absolute atomic E-state index is 0.0603. The highest BCUT2D eigenvalue weighted by molar-refractivity contribution is 6.30. The van der Waals surface area contributed by atoms with Crippen molar-refractivity contribution in [3.05, 3.63) is 59.1 Å². The van der Waals surface area contributed by atoms with Crippen LogP contribution in [0.15, 0.2) is 48.5 Å². The summed E-state index contributed by atoms with van der Waals surface area (Å²) in [7, 11) is 0. The van der Waals surface area contributed by atoms with Gasteiger partial charge in [-0.2, -0.15) is 0 Å². The molecule has 0 bridgehead atoms. The molecule has 0 aliphatic rings. The summed E-state index contributed by atoms with van der Waals surface area (Å²) < 4.78 is 11.0. The molecule has 2 rings (SSSR count). The molecule has 1 atom stereocenters. The van der Waals surface area contributed by atoms with Crippen LogP contribution < -0.4 is 20.1 Å². The molecule has 2 aromatic rings. The molecule has 5 nitrogen and oxygen atoms in total. The molecular weight excluding hydrogens is 376 g/mol. The zero-order valence-corrected chi connectivity index (χ0v) is 17.5. The standard InChI is InChI=1S/C22H29ClN2O3/c1-4-27-19-9-11-20(12-10-19)28-14-13-24-21(26)15-25-22(16(2)3)17-5-7-18(23)8-6-17/h5-12,16,22,25H,4,13-15H2,1-3H3,(H,24,26). The molecule has 28 heavy (non-hydrogen) atoms. The number of carbonyl (C=O) groups excluding carboxylic acids is 1. The number of rotatable bonds is 11. The zero-order valence-electron chi connectivity index (χ0n) is 16.7. The molecule has 2 aromatic carbocycles. The molecule has 0 radical (unpaired) electrons. The summed E-state index contributed by atoms with van der Waals surface area (Å²) in [5, 5.41) is 6.89. The van der Waals surface area contributed by atoms with Gasteiger partial charge in [0.2, 0.25) is 5.91 Å². The molecule has 152 valence electrons. The molecule has 1 unspecified atom stereocenters. The second-order valence-electron chi connectivity index (χ2n) is 6.76. The van der Waals surface area contributed by atoms with E-state index >= 15 is 0 Å². The summed E-state index contributed by atoms with van der Waals surface area (Å²) in [6, 6.07) is 15.2. The third-order valence-electron chi connectivity index (χ3n) is 4.21. The lowest BCUT2D eigenvalue weighted by Crippen LogP contribution is -2.38. The van der Waals surface area contributed by atoms with Crippen molar-refractivity contribution in [3.63, 3.8) is 0 Å². The minimum Gasteiger partial charge on any atom is -0.494 e. The lowest BCUT2D eigenvalue weighted by Gasteiger charge is -2.23. The van der Waals surface area contributed by atoms with E-state index in [-0.39, 0.29) is 18.5 Å². The first kappa shape index (κ1) is 22.1. The highest BCUT2D eigenvalue weighted by Gasteiger charge is 2.16. The minimum atomic E-state index is -0.0603. The quantitative estimate of drug-likeness (QED) is 0.550. The molecule has 0 aromatic heterocycles. The SMILES string of the molecule is CCOc1ccc(OCCNC(=O)CNC(c2ccc(Cl)cc2)C(C)C)cc1. The van der Waals surface area contributed by atoms with Crippen molar-refractivity contribution in [1.82, 2.24) is 10.6 Å². The van der Waals surface area contributed by atoms with Gasteiger partial charge < -0.3 is 20.1 Å². The number of hydrogen-bond donors (Lipinski definition) is 2. The number of benzene rings is 2. The highest BCUT2D eigenvalue weighted by Crippen LogP contribution is 2.23. The first-order valence-corrected chi connectivity index (χ1v) is 9.98. The number of ether oxygens (including phenoxy) is 2. The Morgan fingerprint density at radius 1 is 1.00 bits per heavy atom. The number of hydrogen-bond acceptors (Lipinski definition) is 4. The first-order chi connectivity index (χ1) is 13.5. The van der Waals surface area contributed by atoms with E-state index in [1.54, 1.807) is 0 Å². The smallest absolute Gasteiger partial charge is 0.234 e. The predicted octanol–water partition coefficient (Wildman–Crippen LogP) is 4.22. The lowest BCUT2D eigenvalue weighted by atomic mass is 9.96. The fraction of sp³-hybridized carbons (Fsp3) is 0.409. The van der Waals surface area contributed by atoms with E-state index in [1.807, 2.05) is 55.5 Å². The van der Waals surface area contributed by atoms with Crippen molar-refractivity contribution in [2.24, 2.45) is 5.92 Å². The first-order valence-electron chi connectivity index (χ1n) is 9.60. The fourth-order valence-electron chi connectivity index (χ4n) is 2.83. The van der Waals surface area contributed by atoms with Crippen molar-refractivity contribution in [1.29, 1.82) is 0 Å². The van der Waals surface area contributed by atoms with Crippen LogP contribution in [0.25, 0.3) is 0 Å². The Morgan fingerprint density at radius 3 is 2.18 bits per heavy atom. The second kappa shape index (κ2) is 11.6. The van der Waals surface area contributed by atoms with Gasteiger partial charge >= 0.3 is 0 Å². The van der Waals surface area contributed by atoms with Crippen molar-refractivity contribution >= 4 is 17.5 Å². The molecule has 0 fully saturated rings. The van der Waals surface area contributed by atoms with Crippen molar-refractivity contribution in [2.75, 3.05) is 26.3 Å². The van der Waals surface area contributed by atoms with Gasteiger partial charge in [0.05, 0.1) is 19.7 Å². The molecule has 2 N–H and O–H groups in total. The summed E-state index contributed by atoms with van der Waals surface area (Å²) >= 11 is 5.96. The third kappa shape index (κ3) is 7.41. The van der Waals surface area contributed by atoms with E-state index in [1.165, 1.54) is 0 Å². The van der Waals surface area contributed by atoms with Crippen molar-refractivity contribution in [2.45, 2.75) is 26.8 Å². The van der Waals surface area contributed by atoms with Crippen LogP contribution in [0.4, 0.5) is 0 Å². The van der Waals surface area contributed by atoms with Gasteiger partial charge in [0.1, 0.15) is 18.1 Å². The van der Waals surface area contributed by atoms with Gasteiger partial charge in [-0.15, -0.1) is 0 Å². The molecule has 0 aliphatic carbocycles. The Balaban J connectivity index is 1.70. The van der Waals surface area contributed by atoms with Gasteiger partial charge in [-0.1, -0.05) is 37.6 Å². The van der Waals surface area contributed by atoms with Crippen LogP contribution in [0, 0.1) is 5.92 Å². The molecule has 0 saturated heterocycles. The van der Waals surface area contributed by atoms with Gasteiger partial charge in [0, 0.05) is 11.1 Å². The summed E-state index contributed by atoms with van der Waals surface area (Å²) in [5.41, 5.74) is 1.12. The zero-order chi connectivity index (χ0) is 20.4. The van der Waals surface area contributed by atoms with Crippen LogP contribution in [0.2, 0.25) is 5.02 Å². The van der Waals surface area contributed by atoms with E-state index in [2.05, 4.69) is 24.5 Å². The second-order valence-corrected chi connectivity index (χ2v) is 7.19. The van der Waals surface area contributed by atoms with E-state index in [0.717, 1.165) is 17.1 Å². The Labute approximate surface area is 172 Å². The summed E-state index contributed by atoms with van der Waals surface area (Å²) in [4.78, 5) is 12.1. The Bertz CT molecular complexity index is 718. The van der Waals surface area contributed by atoms with Crippen molar-refractivity contribution < 1.29 is 14.3 Å². The summed E-state index contributed by atoms with van der Waals surface area (Å²) in [5.74, 6) is 1.85. The van der Waals surface area contributed by atoms with Gasteiger partial charge in [-0.25, -0.2) is 0 Å². The van der Waals surface area contributed by atoms with E-state index in [9.17, 15) is 4.79 Å². The van der Waals surface area contributed by atoms with Crippen LogP contribution in [0.3, 0.4) is 0 Å². The number of carbonyl (C=O) groups is 1. The van der Waals surface area contributed by atoms with E-state index in [4.69, 9.17) is 21.1 Å². The number of halogens is 1. The Kier molecular flexibility index (Phi) is 9.11. The fourth-order valence-corrected chi connectivity index (χ4v) is 2.96. The molecule has 0 heterocycles. The number of nitrogens with one attached hydrogen (secondary N) is 2. The van der Waals surface area contributed by atoms with Crippen LogP contribution in [0.1, 0.15) is 32.4 Å². The maximum Gasteiger partial charge on any atom is 0.234 e. The summed E-state index contributed by atoms with van der Waals surface area (Å²) in [6.07, 6.45) is 0. The van der Waals surface area contributed by atoms with Gasteiger partial charge in [0.15, 0.2) is 0 Å². The van der Waals surface area contributed by atoms with Crippen LogP contribution in [0.5, 0.6) is 11.5 Å². The topological polar surface area (TPSA) is 59.6 Å². The molecule has 0 spiro atoms. The molecule has 1 amide bonds. The molecule has 0 saturated carbocycles. The maximum atomic E-state index is 12.1. The number of amides is 1. The largest absolute Gasteiger partial charge is 0.494 e.